The van der Waals surface area contributed by atoms with Crippen molar-refractivity contribution in [3.8, 4) is 0 Å². The molecule has 1 aromatic heterocycles. The van der Waals surface area contributed by atoms with Crippen LogP contribution in [0.5, 0.6) is 0 Å². The van der Waals surface area contributed by atoms with Crippen LogP contribution in [-0.4, -0.2) is 54.8 Å². The number of aromatic nitrogens is 1. The van der Waals surface area contributed by atoms with Gasteiger partial charge >= 0.3 is 6.18 Å². The monoisotopic (exact) mass is 630 g/mol. The molecule has 0 spiro atoms. The number of amides is 3. The van der Waals surface area contributed by atoms with Gasteiger partial charge in [0.1, 0.15) is 0 Å². The lowest BCUT2D eigenvalue weighted by Crippen LogP contribution is -2.31. The van der Waals surface area contributed by atoms with Crippen molar-refractivity contribution in [3.63, 3.8) is 0 Å². The Morgan fingerprint density at radius 3 is 2.37 bits per heavy atom. The zero-order valence-electron chi connectivity index (χ0n) is 25.6. The molecule has 0 atom stereocenters. The number of benzene rings is 3. The third kappa shape index (κ3) is 7.13. The third-order valence-electron chi connectivity index (χ3n) is 7.50. The molecule has 3 amide bonds. The fourth-order valence-corrected chi connectivity index (χ4v) is 5.18. The minimum absolute atomic E-state index is 0.115. The molecule has 0 fully saturated rings. The van der Waals surface area contributed by atoms with E-state index in [1.54, 1.807) is 48.5 Å². The van der Waals surface area contributed by atoms with Crippen molar-refractivity contribution in [1.82, 2.24) is 15.2 Å². The van der Waals surface area contributed by atoms with Crippen molar-refractivity contribution in [2.24, 2.45) is 0 Å². The Hall–Kier alpha value is -5.36. The second-order valence-electron chi connectivity index (χ2n) is 11.2. The number of fused-ring (bicyclic) bond motifs is 1. The molecular weight excluding hydrogens is 597 g/mol. The normalized spacial score (nSPS) is 13.5. The molecule has 12 heteroatoms. The van der Waals surface area contributed by atoms with E-state index in [1.165, 1.54) is 12.1 Å². The zero-order valence-corrected chi connectivity index (χ0v) is 25.6. The van der Waals surface area contributed by atoms with Gasteiger partial charge in [-0.25, -0.2) is 0 Å². The summed E-state index contributed by atoms with van der Waals surface area (Å²) in [7, 11) is 3.87. The van der Waals surface area contributed by atoms with Crippen LogP contribution in [-0.2, 0) is 11.0 Å². The maximum Gasteiger partial charge on any atom is 0.416 e. The predicted octanol–water partition coefficient (Wildman–Crippen LogP) is 6.43. The lowest BCUT2D eigenvalue weighted by atomic mass is 10.0. The molecule has 46 heavy (non-hydrogen) atoms. The Balaban J connectivity index is 1.30. The Morgan fingerprint density at radius 1 is 0.913 bits per heavy atom. The van der Waals surface area contributed by atoms with Crippen LogP contribution >= 0.6 is 0 Å². The third-order valence-corrected chi connectivity index (χ3v) is 7.50. The molecule has 5 N–H and O–H groups in total. The summed E-state index contributed by atoms with van der Waals surface area (Å²) in [5, 5.41) is 11.7. The predicted molar refractivity (Wildman–Crippen MR) is 173 cm³/mol. The standard InChI is InChI=1S/C34H33F3N6O3/c1-19-28(39-20(2)30(19)33(46)38-13-14-43(3)4)18-27-26-12-11-25(17-29(26)42-32(27)45)40-23-9-6-10-24(16-23)41-31(44)21-7-5-8-22(15-21)34(35,36)37/h5-12,15-18,39-40H,13-14H2,1-4H3,(H,38,46)(H,41,44)(H,42,45)/b27-18-. The molecule has 0 saturated heterocycles. The average Bonchev–Trinajstić information content (AvgIpc) is 3.45. The number of aryl methyl sites for hydroxylation is 1. The first-order chi connectivity index (χ1) is 21.8. The van der Waals surface area contributed by atoms with Crippen LogP contribution in [0.15, 0.2) is 66.7 Å². The van der Waals surface area contributed by atoms with Crippen molar-refractivity contribution in [3.05, 3.63) is 106 Å². The minimum atomic E-state index is -4.56. The number of hydrogen-bond acceptors (Lipinski definition) is 5. The van der Waals surface area contributed by atoms with Crippen LogP contribution in [0.1, 0.15) is 48.8 Å². The number of nitrogens with zero attached hydrogens (tertiary/aromatic N) is 1. The number of alkyl halides is 3. The first kappa shape index (κ1) is 32.0. The SMILES string of the molecule is Cc1[nH]c(/C=C2\C(=O)Nc3cc(Nc4cccc(NC(=O)c5cccc(C(F)(F)F)c5)c4)ccc32)c(C)c1C(=O)NCCN(C)C. The van der Waals surface area contributed by atoms with Gasteiger partial charge in [0, 0.05) is 52.7 Å². The van der Waals surface area contributed by atoms with Crippen LogP contribution in [0.2, 0.25) is 0 Å². The maximum absolute atomic E-state index is 13.1. The van der Waals surface area contributed by atoms with Gasteiger partial charge in [0.15, 0.2) is 0 Å². The Bertz CT molecular complexity index is 1860. The highest BCUT2D eigenvalue weighted by molar-refractivity contribution is 6.35. The smallest absolute Gasteiger partial charge is 0.358 e. The summed E-state index contributed by atoms with van der Waals surface area (Å²) in [4.78, 5) is 43.7. The summed E-state index contributed by atoms with van der Waals surface area (Å²) < 4.78 is 39.2. The van der Waals surface area contributed by atoms with E-state index in [0.29, 0.717) is 63.9 Å². The van der Waals surface area contributed by atoms with E-state index >= 15 is 0 Å². The van der Waals surface area contributed by atoms with E-state index < -0.39 is 17.6 Å². The molecule has 4 aromatic rings. The molecule has 0 aliphatic carbocycles. The lowest BCUT2D eigenvalue weighted by molar-refractivity contribution is -0.137. The van der Waals surface area contributed by atoms with Gasteiger partial charge in [-0.1, -0.05) is 18.2 Å². The van der Waals surface area contributed by atoms with E-state index in [1.807, 2.05) is 32.8 Å². The van der Waals surface area contributed by atoms with Crippen molar-refractivity contribution >= 4 is 52.1 Å². The van der Waals surface area contributed by atoms with Gasteiger partial charge < -0.3 is 31.2 Å². The molecule has 2 heterocycles. The topological polar surface area (TPSA) is 118 Å². The van der Waals surface area contributed by atoms with Crippen LogP contribution in [0.3, 0.4) is 0 Å². The molecule has 0 bridgehead atoms. The summed E-state index contributed by atoms with van der Waals surface area (Å²) in [6.45, 7) is 4.89. The number of nitrogens with one attached hydrogen (secondary N) is 5. The molecule has 5 rings (SSSR count). The second-order valence-corrected chi connectivity index (χ2v) is 11.2. The van der Waals surface area contributed by atoms with Crippen molar-refractivity contribution in [1.29, 1.82) is 0 Å². The number of carbonyl (C=O) groups excluding carboxylic acids is 3. The summed E-state index contributed by atoms with van der Waals surface area (Å²) in [6, 6.07) is 16.3. The largest absolute Gasteiger partial charge is 0.416 e. The molecule has 1 aliphatic heterocycles. The van der Waals surface area contributed by atoms with Crippen LogP contribution in [0.4, 0.5) is 35.9 Å². The number of aromatic amines is 1. The average molecular weight is 631 g/mol. The number of H-pyrrole nitrogens is 1. The summed E-state index contributed by atoms with van der Waals surface area (Å²) in [6.07, 6.45) is -2.82. The second kappa shape index (κ2) is 12.9. The van der Waals surface area contributed by atoms with E-state index in [-0.39, 0.29) is 17.4 Å². The number of anilines is 4. The first-order valence-corrected chi connectivity index (χ1v) is 14.5. The number of likely N-dealkylation sites (N-methyl/N-ethyl adjacent to an activating group) is 1. The van der Waals surface area contributed by atoms with Crippen LogP contribution in [0.25, 0.3) is 11.6 Å². The van der Waals surface area contributed by atoms with Gasteiger partial charge in [-0.3, -0.25) is 14.4 Å². The highest BCUT2D eigenvalue weighted by Gasteiger charge is 2.31. The van der Waals surface area contributed by atoms with Crippen molar-refractivity contribution in [2.75, 3.05) is 43.1 Å². The number of hydrogen-bond donors (Lipinski definition) is 5. The fraction of sp³-hybridized carbons (Fsp3) is 0.206. The van der Waals surface area contributed by atoms with Gasteiger partial charge in [0.05, 0.1) is 22.4 Å². The Morgan fingerprint density at radius 2 is 1.63 bits per heavy atom. The number of rotatable bonds is 9. The molecule has 0 radical (unpaired) electrons. The van der Waals surface area contributed by atoms with E-state index in [9.17, 15) is 27.6 Å². The van der Waals surface area contributed by atoms with Gasteiger partial charge in [-0.2, -0.15) is 13.2 Å². The van der Waals surface area contributed by atoms with Crippen LogP contribution < -0.4 is 21.3 Å². The molecule has 9 nitrogen and oxygen atoms in total. The Kier molecular flexibility index (Phi) is 9.01. The molecule has 238 valence electrons. The van der Waals surface area contributed by atoms with E-state index in [0.717, 1.165) is 17.7 Å². The van der Waals surface area contributed by atoms with Crippen LogP contribution in [0, 0.1) is 13.8 Å². The molecular formula is C34H33F3N6O3. The first-order valence-electron chi connectivity index (χ1n) is 14.5. The summed E-state index contributed by atoms with van der Waals surface area (Å²) >= 11 is 0. The highest BCUT2D eigenvalue weighted by atomic mass is 19.4. The zero-order chi connectivity index (χ0) is 33.2. The number of halogens is 3. The molecule has 0 unspecified atom stereocenters. The van der Waals surface area contributed by atoms with Gasteiger partial charge in [-0.15, -0.1) is 0 Å². The van der Waals surface area contributed by atoms with E-state index in [2.05, 4.69) is 26.3 Å². The van der Waals surface area contributed by atoms with E-state index in [4.69, 9.17) is 0 Å². The molecule has 0 saturated carbocycles. The lowest BCUT2D eigenvalue weighted by Gasteiger charge is -2.12. The molecule has 1 aliphatic rings. The number of carbonyl (C=O) groups is 3. The maximum atomic E-state index is 13.1. The van der Waals surface area contributed by atoms with Gasteiger partial charge in [-0.05, 0) is 88.1 Å². The summed E-state index contributed by atoms with van der Waals surface area (Å²) in [5.41, 5.74) is 5.04. The van der Waals surface area contributed by atoms with Crippen molar-refractivity contribution < 1.29 is 27.6 Å². The molecule has 3 aromatic carbocycles. The Labute approximate surface area is 263 Å². The quantitative estimate of drug-likeness (QED) is 0.137. The minimum Gasteiger partial charge on any atom is -0.358 e. The fourth-order valence-electron chi connectivity index (χ4n) is 5.18. The summed E-state index contributed by atoms with van der Waals surface area (Å²) in [5.74, 6) is -1.13. The van der Waals surface area contributed by atoms with Crippen molar-refractivity contribution in [2.45, 2.75) is 20.0 Å². The highest BCUT2D eigenvalue weighted by Crippen LogP contribution is 2.37. The van der Waals surface area contributed by atoms with Gasteiger partial charge in [0.25, 0.3) is 17.7 Å². The van der Waals surface area contributed by atoms with Gasteiger partial charge in [0.2, 0.25) is 0 Å².